The first-order valence-corrected chi connectivity index (χ1v) is 5.43. The van der Waals surface area contributed by atoms with Crippen molar-refractivity contribution in [3.05, 3.63) is 35.0 Å². The number of nitrogen functional groups attached to an aromatic ring is 1. The molecule has 2 aromatic rings. The van der Waals surface area contributed by atoms with Crippen LogP contribution in [0.5, 0.6) is 0 Å². The van der Waals surface area contributed by atoms with E-state index in [1.807, 2.05) is 0 Å². The van der Waals surface area contributed by atoms with Crippen LogP contribution in [0, 0.1) is 6.92 Å². The van der Waals surface area contributed by atoms with Crippen LogP contribution in [0.25, 0.3) is 10.9 Å². The van der Waals surface area contributed by atoms with Crippen LogP contribution in [0.2, 0.25) is 0 Å². The van der Waals surface area contributed by atoms with Crippen LogP contribution < -0.4 is 5.73 Å². The largest absolute Gasteiger partial charge is 0.398 e. The molecule has 0 bridgehead atoms. The number of nitrogens with two attached hydrogens (primary N) is 1. The number of fused-ring (bicyclic) bond motifs is 2. The van der Waals surface area contributed by atoms with E-state index in [9.17, 15) is 0 Å². The highest BCUT2D eigenvalue weighted by Gasteiger charge is 2.17. The maximum Gasteiger partial charge on any atom is 0.0726 e. The lowest BCUT2D eigenvalue weighted by Gasteiger charge is -2.08. The molecule has 1 aromatic carbocycles. The quantitative estimate of drug-likeness (QED) is 0.761. The molecular formula is C13H15ClN2. The molecule has 2 N–H and O–H groups in total. The fourth-order valence-electron chi connectivity index (χ4n) is 2.41. The standard InChI is InChI=1S/C13H14N2.ClH/c1-8-5-6-12-10(7-8)13(14)9-3-2-4-11(9)15-12;/h5-7H,2-4H2,1H3,(H2,14,15);1H. The predicted octanol–water partition coefficient (Wildman–Crippen LogP) is 3.04. The van der Waals surface area contributed by atoms with Gasteiger partial charge in [-0.1, -0.05) is 11.6 Å². The second kappa shape index (κ2) is 3.95. The number of hydrogen-bond donors (Lipinski definition) is 1. The molecule has 0 fully saturated rings. The van der Waals surface area contributed by atoms with Gasteiger partial charge < -0.3 is 5.73 Å². The number of aryl methyl sites for hydroxylation is 2. The number of pyridine rings is 1. The third kappa shape index (κ3) is 1.54. The molecule has 0 atom stereocenters. The highest BCUT2D eigenvalue weighted by Crippen LogP contribution is 2.31. The number of hydrogen-bond acceptors (Lipinski definition) is 2. The third-order valence-corrected chi connectivity index (χ3v) is 3.21. The average Bonchev–Trinajstić information content (AvgIpc) is 2.68. The zero-order chi connectivity index (χ0) is 10.4. The van der Waals surface area contributed by atoms with Crippen molar-refractivity contribution in [2.75, 3.05) is 5.73 Å². The first kappa shape index (κ1) is 11.2. The van der Waals surface area contributed by atoms with Gasteiger partial charge in [-0.05, 0) is 43.9 Å². The van der Waals surface area contributed by atoms with Crippen molar-refractivity contribution in [3.63, 3.8) is 0 Å². The summed E-state index contributed by atoms with van der Waals surface area (Å²) in [5.41, 5.74) is 11.9. The monoisotopic (exact) mass is 234 g/mol. The highest BCUT2D eigenvalue weighted by atomic mass is 35.5. The molecule has 1 aliphatic carbocycles. The zero-order valence-corrected chi connectivity index (χ0v) is 10.1. The molecule has 0 aliphatic heterocycles. The highest BCUT2D eigenvalue weighted by molar-refractivity contribution is 5.92. The molecule has 0 radical (unpaired) electrons. The van der Waals surface area contributed by atoms with E-state index in [-0.39, 0.29) is 12.4 Å². The molecule has 16 heavy (non-hydrogen) atoms. The molecule has 0 saturated carbocycles. The lowest BCUT2D eigenvalue weighted by Crippen LogP contribution is -1.98. The molecule has 2 nitrogen and oxygen atoms in total. The summed E-state index contributed by atoms with van der Waals surface area (Å²) in [4.78, 5) is 4.68. The van der Waals surface area contributed by atoms with Gasteiger partial charge in [0.25, 0.3) is 0 Å². The van der Waals surface area contributed by atoms with Gasteiger partial charge in [0.1, 0.15) is 0 Å². The number of aromatic nitrogens is 1. The van der Waals surface area contributed by atoms with E-state index in [2.05, 4.69) is 30.1 Å². The molecule has 84 valence electrons. The first-order valence-electron chi connectivity index (χ1n) is 5.43. The molecular weight excluding hydrogens is 220 g/mol. The maximum atomic E-state index is 6.20. The maximum absolute atomic E-state index is 6.20. The van der Waals surface area contributed by atoms with Crippen LogP contribution >= 0.6 is 12.4 Å². The molecule has 1 heterocycles. The average molecular weight is 235 g/mol. The van der Waals surface area contributed by atoms with Gasteiger partial charge in [0.05, 0.1) is 5.52 Å². The Balaban J connectivity index is 0.000000963. The lowest BCUT2D eigenvalue weighted by atomic mass is 10.1. The Hall–Kier alpha value is -1.28. The van der Waals surface area contributed by atoms with Crippen molar-refractivity contribution in [1.82, 2.24) is 4.98 Å². The number of benzene rings is 1. The van der Waals surface area contributed by atoms with Gasteiger partial charge in [-0.2, -0.15) is 0 Å². The van der Waals surface area contributed by atoms with Crippen LogP contribution in [0.15, 0.2) is 18.2 Å². The van der Waals surface area contributed by atoms with Crippen LogP contribution in [-0.4, -0.2) is 4.98 Å². The Bertz CT molecular complexity index is 549. The Labute approximate surface area is 101 Å². The normalized spacial score (nSPS) is 13.6. The van der Waals surface area contributed by atoms with Crippen molar-refractivity contribution >= 4 is 29.0 Å². The van der Waals surface area contributed by atoms with Gasteiger partial charge in [0, 0.05) is 16.8 Å². The summed E-state index contributed by atoms with van der Waals surface area (Å²) in [7, 11) is 0. The Kier molecular flexibility index (Phi) is 2.76. The minimum absolute atomic E-state index is 0. The SMILES string of the molecule is Cc1ccc2nc3c(c(N)c2c1)CCC3.Cl. The zero-order valence-electron chi connectivity index (χ0n) is 9.29. The van der Waals surface area contributed by atoms with Crippen molar-refractivity contribution in [3.8, 4) is 0 Å². The van der Waals surface area contributed by atoms with Crippen molar-refractivity contribution in [2.24, 2.45) is 0 Å². The fourth-order valence-corrected chi connectivity index (χ4v) is 2.41. The topological polar surface area (TPSA) is 38.9 Å². The molecule has 0 spiro atoms. The number of halogens is 1. The van der Waals surface area contributed by atoms with Gasteiger partial charge in [-0.25, -0.2) is 0 Å². The van der Waals surface area contributed by atoms with E-state index in [0.717, 1.165) is 29.4 Å². The van der Waals surface area contributed by atoms with E-state index >= 15 is 0 Å². The Morgan fingerprint density at radius 2 is 2.06 bits per heavy atom. The van der Waals surface area contributed by atoms with E-state index in [4.69, 9.17) is 5.73 Å². The number of nitrogens with zero attached hydrogens (tertiary/aromatic N) is 1. The van der Waals surface area contributed by atoms with Gasteiger partial charge >= 0.3 is 0 Å². The van der Waals surface area contributed by atoms with Gasteiger partial charge in [-0.3, -0.25) is 4.98 Å². The smallest absolute Gasteiger partial charge is 0.0726 e. The summed E-state index contributed by atoms with van der Waals surface area (Å²) < 4.78 is 0. The molecule has 0 saturated heterocycles. The van der Waals surface area contributed by atoms with Crippen molar-refractivity contribution < 1.29 is 0 Å². The Morgan fingerprint density at radius 1 is 1.25 bits per heavy atom. The minimum Gasteiger partial charge on any atom is -0.398 e. The van der Waals surface area contributed by atoms with Gasteiger partial charge in [0.15, 0.2) is 0 Å². The third-order valence-electron chi connectivity index (χ3n) is 3.21. The molecule has 3 rings (SSSR count). The summed E-state index contributed by atoms with van der Waals surface area (Å²) in [6.07, 6.45) is 3.38. The summed E-state index contributed by atoms with van der Waals surface area (Å²) in [5, 5.41) is 1.12. The molecule has 0 unspecified atom stereocenters. The number of rotatable bonds is 0. The minimum atomic E-state index is 0. The fraction of sp³-hybridized carbons (Fsp3) is 0.308. The lowest BCUT2D eigenvalue weighted by molar-refractivity contribution is 0.901. The van der Waals surface area contributed by atoms with Crippen molar-refractivity contribution in [2.45, 2.75) is 26.2 Å². The predicted molar refractivity (Wildman–Crippen MR) is 70.2 cm³/mol. The second-order valence-electron chi connectivity index (χ2n) is 4.32. The van der Waals surface area contributed by atoms with E-state index in [0.29, 0.717) is 0 Å². The first-order chi connectivity index (χ1) is 7.25. The molecule has 0 amide bonds. The summed E-state index contributed by atoms with van der Waals surface area (Å²) in [6.45, 7) is 2.09. The van der Waals surface area contributed by atoms with Gasteiger partial charge in [-0.15, -0.1) is 12.4 Å². The summed E-state index contributed by atoms with van der Waals surface area (Å²) in [6, 6.07) is 6.30. The van der Waals surface area contributed by atoms with Crippen LogP contribution in [0.1, 0.15) is 23.2 Å². The number of anilines is 1. The molecule has 3 heteroatoms. The van der Waals surface area contributed by atoms with Gasteiger partial charge in [0.2, 0.25) is 0 Å². The van der Waals surface area contributed by atoms with Crippen LogP contribution in [0.4, 0.5) is 5.69 Å². The summed E-state index contributed by atoms with van der Waals surface area (Å²) >= 11 is 0. The van der Waals surface area contributed by atoms with E-state index < -0.39 is 0 Å². The van der Waals surface area contributed by atoms with Crippen molar-refractivity contribution in [1.29, 1.82) is 0 Å². The molecule has 1 aromatic heterocycles. The van der Waals surface area contributed by atoms with E-state index in [1.165, 1.54) is 23.2 Å². The Morgan fingerprint density at radius 3 is 2.88 bits per heavy atom. The summed E-state index contributed by atoms with van der Waals surface area (Å²) in [5.74, 6) is 0. The second-order valence-corrected chi connectivity index (χ2v) is 4.32. The molecule has 1 aliphatic rings. The van der Waals surface area contributed by atoms with Crippen LogP contribution in [-0.2, 0) is 12.8 Å². The van der Waals surface area contributed by atoms with E-state index in [1.54, 1.807) is 0 Å². The van der Waals surface area contributed by atoms with Crippen LogP contribution in [0.3, 0.4) is 0 Å².